The number of rotatable bonds is 13. The Hall–Kier alpha value is -5.71. The van der Waals surface area contributed by atoms with Crippen molar-refractivity contribution in [3.05, 3.63) is 109 Å². The number of sulfonamides is 1. The standard InChI is InChI=1S/C38H29ClF10N8O4S/c1-37(46,47)16-3-4-19-23(10-16)51-35(57(36(19)59)25-6-5-22(39)29-31(25)55(13-26(42)43)53-34(29)54-62(2,60)61)24(9-15-7-17(40)11-18(41)8-15)50-27(58)14-56-32-28(30(52-56)33(44)45)20-12-21(20)38(32,48)49/h3-8,10-11,20-21,24,26,33H,9,12-14H2,1-2H3,(H,50,58)(H,53,54)/t20-,21+,24-/m0/s1. The van der Waals surface area contributed by atoms with Crippen LogP contribution in [0.1, 0.15) is 65.6 Å². The third-order valence-electron chi connectivity index (χ3n) is 10.5. The van der Waals surface area contributed by atoms with Crippen molar-refractivity contribution in [1.29, 1.82) is 0 Å². The van der Waals surface area contributed by atoms with Crippen molar-refractivity contribution in [3.8, 4) is 5.69 Å². The second-order valence-corrected chi connectivity index (χ2v) is 17.3. The molecule has 24 heteroatoms. The lowest BCUT2D eigenvalue weighted by atomic mass is 10.0. The third kappa shape index (κ3) is 7.72. The highest BCUT2D eigenvalue weighted by atomic mass is 35.5. The van der Waals surface area contributed by atoms with Gasteiger partial charge in [0.15, 0.2) is 5.82 Å². The van der Waals surface area contributed by atoms with Crippen molar-refractivity contribution in [1.82, 2.24) is 34.4 Å². The largest absolute Gasteiger partial charge is 0.344 e. The highest BCUT2D eigenvalue weighted by molar-refractivity contribution is 7.92. The van der Waals surface area contributed by atoms with E-state index in [1.807, 2.05) is 0 Å². The summed E-state index contributed by atoms with van der Waals surface area (Å²) < 4.78 is 174. The smallest absolute Gasteiger partial charge is 0.293 e. The minimum Gasteiger partial charge on any atom is -0.344 e. The second kappa shape index (κ2) is 15.0. The average Bonchev–Trinajstić information content (AvgIpc) is 3.67. The molecule has 0 radical (unpaired) electrons. The number of halogens is 11. The number of alkyl halides is 8. The lowest BCUT2D eigenvalue weighted by molar-refractivity contribution is -0.123. The first-order chi connectivity index (χ1) is 28.9. The van der Waals surface area contributed by atoms with E-state index >= 15 is 8.78 Å². The lowest BCUT2D eigenvalue weighted by Gasteiger charge is -2.24. The minimum absolute atomic E-state index is 0.0826. The van der Waals surface area contributed by atoms with Crippen LogP contribution in [0.4, 0.5) is 49.7 Å². The van der Waals surface area contributed by atoms with Gasteiger partial charge in [0.2, 0.25) is 15.9 Å². The summed E-state index contributed by atoms with van der Waals surface area (Å²) in [6.45, 7) is -1.82. The van der Waals surface area contributed by atoms with E-state index in [0.29, 0.717) is 22.4 Å². The van der Waals surface area contributed by atoms with Crippen LogP contribution >= 0.6 is 11.6 Å². The van der Waals surface area contributed by atoms with Crippen LogP contribution in [-0.2, 0) is 46.2 Å². The molecule has 0 spiro atoms. The molecule has 62 heavy (non-hydrogen) atoms. The van der Waals surface area contributed by atoms with Gasteiger partial charge in [-0.15, -0.1) is 0 Å². The first-order valence-corrected chi connectivity index (χ1v) is 20.6. The quantitative estimate of drug-likeness (QED) is 0.112. The fourth-order valence-corrected chi connectivity index (χ4v) is 8.76. The molecule has 8 rings (SSSR count). The van der Waals surface area contributed by atoms with Crippen LogP contribution in [0, 0.1) is 17.6 Å². The van der Waals surface area contributed by atoms with Gasteiger partial charge in [-0.2, -0.15) is 19.0 Å². The van der Waals surface area contributed by atoms with Crippen LogP contribution in [-0.4, -0.2) is 56.1 Å². The summed E-state index contributed by atoms with van der Waals surface area (Å²) in [7, 11) is -4.17. The molecule has 0 unspecified atom stereocenters. The first-order valence-electron chi connectivity index (χ1n) is 18.3. The molecule has 12 nitrogen and oxygen atoms in total. The van der Waals surface area contributed by atoms with Gasteiger partial charge in [-0.25, -0.2) is 48.5 Å². The number of hydrogen-bond donors (Lipinski definition) is 2. The fraction of sp³-hybridized carbons (Fsp3) is 0.342. The summed E-state index contributed by atoms with van der Waals surface area (Å²) in [6, 6.07) is 5.31. The maximum absolute atomic E-state index is 15.4. The van der Waals surface area contributed by atoms with E-state index in [9.17, 15) is 53.1 Å². The molecule has 2 aliphatic carbocycles. The topological polar surface area (TPSA) is 146 Å². The van der Waals surface area contributed by atoms with Gasteiger partial charge in [-0.05, 0) is 54.3 Å². The molecule has 0 saturated heterocycles. The molecule has 3 aromatic carbocycles. The van der Waals surface area contributed by atoms with Gasteiger partial charge in [0.1, 0.15) is 41.9 Å². The number of carbonyl (C=O) groups excluding carboxylic acids is 1. The number of benzene rings is 3. The summed E-state index contributed by atoms with van der Waals surface area (Å²) in [5.74, 6) is -14.0. The summed E-state index contributed by atoms with van der Waals surface area (Å²) in [5.41, 5.74) is -5.48. The van der Waals surface area contributed by atoms with E-state index in [-0.39, 0.29) is 33.3 Å². The lowest BCUT2D eigenvalue weighted by Crippen LogP contribution is -2.38. The molecule has 1 saturated carbocycles. The van der Waals surface area contributed by atoms with Gasteiger partial charge in [0.25, 0.3) is 30.3 Å². The van der Waals surface area contributed by atoms with E-state index < -0.39 is 141 Å². The van der Waals surface area contributed by atoms with Crippen molar-refractivity contribution < 1.29 is 57.1 Å². The Balaban J connectivity index is 1.37. The predicted molar refractivity (Wildman–Crippen MR) is 203 cm³/mol. The Bertz CT molecular complexity index is 2990. The van der Waals surface area contributed by atoms with Crippen LogP contribution in [0.5, 0.6) is 0 Å². The Kier molecular flexibility index (Phi) is 10.4. The van der Waals surface area contributed by atoms with Gasteiger partial charge >= 0.3 is 0 Å². The normalized spacial score (nSPS) is 17.5. The number of amides is 1. The highest BCUT2D eigenvalue weighted by Gasteiger charge is 2.67. The van der Waals surface area contributed by atoms with E-state index in [1.54, 1.807) is 0 Å². The SMILES string of the molecule is CC(F)(F)c1ccc2c(=O)n(-c3ccc(Cl)c4c(NS(C)(=O)=O)nn(CC(F)F)c34)c([C@H](Cc3cc(F)cc(F)c3)NC(=O)Cn3nc(C(F)F)c4c3C(F)(F)[C@@H]3C[C@H]43)nc2c1. The monoisotopic (exact) mass is 918 g/mol. The first kappa shape index (κ1) is 43.0. The van der Waals surface area contributed by atoms with Gasteiger partial charge in [0.05, 0.1) is 44.8 Å². The summed E-state index contributed by atoms with van der Waals surface area (Å²) in [6.07, 6.45) is -6.50. The van der Waals surface area contributed by atoms with Crippen molar-refractivity contribution in [3.63, 3.8) is 0 Å². The van der Waals surface area contributed by atoms with Crippen molar-refractivity contribution in [2.45, 2.75) is 69.5 Å². The summed E-state index contributed by atoms with van der Waals surface area (Å²) in [4.78, 5) is 33.2. The van der Waals surface area contributed by atoms with Gasteiger partial charge < -0.3 is 5.32 Å². The molecule has 0 aliphatic heterocycles. The molecular formula is C38H29ClF10N8O4S. The van der Waals surface area contributed by atoms with Crippen molar-refractivity contribution >= 4 is 55.2 Å². The van der Waals surface area contributed by atoms with Gasteiger partial charge in [-0.1, -0.05) is 17.7 Å². The third-order valence-corrected chi connectivity index (χ3v) is 11.4. The van der Waals surface area contributed by atoms with Gasteiger partial charge in [-0.3, -0.25) is 28.2 Å². The number of carbonyl (C=O) groups is 1. The van der Waals surface area contributed by atoms with Crippen LogP contribution in [0.25, 0.3) is 27.5 Å². The molecule has 3 aromatic heterocycles. The maximum Gasteiger partial charge on any atom is 0.293 e. The van der Waals surface area contributed by atoms with E-state index in [2.05, 4.69) is 25.2 Å². The van der Waals surface area contributed by atoms with E-state index in [0.717, 1.165) is 53.3 Å². The molecule has 6 aromatic rings. The summed E-state index contributed by atoms with van der Waals surface area (Å²) >= 11 is 6.49. The molecular weight excluding hydrogens is 890 g/mol. The molecule has 1 fully saturated rings. The molecule has 2 aliphatic rings. The second-order valence-electron chi connectivity index (χ2n) is 15.1. The highest BCUT2D eigenvalue weighted by Crippen LogP contribution is 2.68. The van der Waals surface area contributed by atoms with Crippen molar-refractivity contribution in [2.75, 3.05) is 11.0 Å². The molecule has 3 heterocycles. The van der Waals surface area contributed by atoms with Crippen LogP contribution < -0.4 is 15.6 Å². The molecule has 3 atom stereocenters. The molecule has 328 valence electrons. The van der Waals surface area contributed by atoms with Gasteiger partial charge in [0, 0.05) is 36.5 Å². The zero-order valence-corrected chi connectivity index (χ0v) is 33.3. The maximum atomic E-state index is 15.4. The Labute approximate surface area is 347 Å². The van der Waals surface area contributed by atoms with E-state index in [4.69, 9.17) is 11.6 Å². The number of hydrogen-bond acceptors (Lipinski definition) is 7. The van der Waals surface area contributed by atoms with Crippen molar-refractivity contribution in [2.24, 2.45) is 5.92 Å². The van der Waals surface area contributed by atoms with E-state index in [1.165, 1.54) is 0 Å². The molecule has 1 amide bonds. The van der Waals surface area contributed by atoms with Crippen LogP contribution in [0.3, 0.4) is 0 Å². The van der Waals surface area contributed by atoms with Crippen LogP contribution in [0.15, 0.2) is 53.3 Å². The van der Waals surface area contributed by atoms with Crippen LogP contribution in [0.2, 0.25) is 5.02 Å². The minimum atomic E-state index is -4.17. The fourth-order valence-electron chi connectivity index (χ4n) is 8.02. The zero-order chi connectivity index (χ0) is 45.0. The number of nitrogens with one attached hydrogen (secondary N) is 2. The molecule has 0 bridgehead atoms. The Morgan fingerprint density at radius 3 is 2.34 bits per heavy atom. The average molecular weight is 919 g/mol. The number of nitrogens with zero attached hydrogens (tertiary/aromatic N) is 6. The zero-order valence-electron chi connectivity index (χ0n) is 31.7. The number of anilines is 1. The molecule has 2 N–H and O–H groups in total. The Morgan fingerprint density at radius 1 is 1.02 bits per heavy atom. The number of aromatic nitrogens is 6. The Morgan fingerprint density at radius 2 is 1.71 bits per heavy atom. The number of fused-ring (bicyclic) bond motifs is 5. The predicted octanol–water partition coefficient (Wildman–Crippen LogP) is 7.86. The summed E-state index contributed by atoms with van der Waals surface area (Å²) in [5, 5.41) is 9.10.